The molecule has 8 rings (SSSR count). The van der Waals surface area contributed by atoms with Crippen LogP contribution in [0.4, 0.5) is 11.4 Å². The minimum atomic E-state index is -1.51. The fraction of sp³-hybridized carbons (Fsp3) is 0. The quantitative estimate of drug-likeness (QED) is 0.105. The summed E-state index contributed by atoms with van der Waals surface area (Å²) in [5, 5.41) is 43.8. The Morgan fingerprint density at radius 1 is 0.521 bits per heavy atom. The van der Waals surface area contributed by atoms with Crippen LogP contribution in [-0.2, 0) is 0 Å². The van der Waals surface area contributed by atoms with E-state index >= 15 is 0 Å². The summed E-state index contributed by atoms with van der Waals surface area (Å²) in [6, 6.07) is 39.6. The van der Waals surface area contributed by atoms with Crippen molar-refractivity contribution in [1.82, 2.24) is 0 Å². The number of nitro benzene ring substituents is 2. The van der Waals surface area contributed by atoms with Gasteiger partial charge in [0.15, 0.2) is 0 Å². The number of hydrogen-bond donors (Lipinski definition) is 2. The highest BCUT2D eigenvalue weighted by Gasteiger charge is 2.20. The second-order valence-corrected chi connectivity index (χ2v) is 11.3. The van der Waals surface area contributed by atoms with E-state index in [0.29, 0.717) is 26.7 Å². The molecule has 0 aliphatic heterocycles. The van der Waals surface area contributed by atoms with Gasteiger partial charge in [0.25, 0.3) is 11.4 Å². The van der Waals surface area contributed by atoms with E-state index in [2.05, 4.69) is 15.9 Å². The maximum Gasteiger partial charge on any atom is 0.492 e. The van der Waals surface area contributed by atoms with Crippen molar-refractivity contribution in [3.05, 3.63) is 158 Å². The minimum absolute atomic E-state index is 0.0791. The van der Waals surface area contributed by atoms with Crippen LogP contribution in [0.25, 0.3) is 55.0 Å². The Balaban J connectivity index is 0.000000135. The van der Waals surface area contributed by atoms with Gasteiger partial charge in [-0.2, -0.15) is 0 Å². The molecule has 0 atom stereocenters. The molecule has 0 aliphatic rings. The zero-order valence-electron chi connectivity index (χ0n) is 24.9. The van der Waals surface area contributed by atoms with E-state index < -0.39 is 12.0 Å². The van der Waals surface area contributed by atoms with Crippen LogP contribution in [0.3, 0.4) is 0 Å². The van der Waals surface area contributed by atoms with Crippen molar-refractivity contribution < 1.29 is 28.7 Å². The Morgan fingerprint density at radius 3 is 1.56 bits per heavy atom. The molecule has 12 heteroatoms. The van der Waals surface area contributed by atoms with Gasteiger partial charge in [0.1, 0.15) is 22.3 Å². The number of halogens is 1. The first-order chi connectivity index (χ1) is 23.2. The van der Waals surface area contributed by atoms with Crippen molar-refractivity contribution in [2.75, 3.05) is 0 Å². The molecule has 2 aromatic heterocycles. The standard InChI is InChI=1S/C18H11NO3.C12H9BO3.C6H4BrNO2/c20-19(21)16-10-3-1-6-12(16)14-8-5-9-15-13-7-2-4-11-17(13)22-18(14)15;14-13(15)10-6-3-5-9-8-4-1-2-7-11(8)16-12(9)10;7-5-3-1-2-4-6(5)8(9)10/h1-11H;1-7,14-15H;1-4H. The molecule has 2 heterocycles. The van der Waals surface area contributed by atoms with Crippen LogP contribution < -0.4 is 5.46 Å². The molecule has 0 spiro atoms. The molecule has 2 N–H and O–H groups in total. The Hall–Kier alpha value is -5.82. The highest BCUT2D eigenvalue weighted by atomic mass is 79.9. The fourth-order valence-electron chi connectivity index (χ4n) is 5.39. The number of rotatable bonds is 4. The van der Waals surface area contributed by atoms with Crippen molar-refractivity contribution in [1.29, 1.82) is 0 Å². The predicted octanol–water partition coefficient (Wildman–Crippen LogP) is 8.78. The van der Waals surface area contributed by atoms with E-state index in [4.69, 9.17) is 8.83 Å². The monoisotopic (exact) mass is 702 g/mol. The number of para-hydroxylation sites is 6. The summed E-state index contributed by atoms with van der Waals surface area (Å²) < 4.78 is 12.1. The molecule has 236 valence electrons. The van der Waals surface area contributed by atoms with Gasteiger partial charge < -0.3 is 18.9 Å². The molecule has 0 bridgehead atoms. The molecule has 10 nitrogen and oxygen atoms in total. The van der Waals surface area contributed by atoms with Crippen molar-refractivity contribution in [3.8, 4) is 11.1 Å². The van der Waals surface area contributed by atoms with Crippen molar-refractivity contribution in [3.63, 3.8) is 0 Å². The lowest BCUT2D eigenvalue weighted by Gasteiger charge is -2.03. The Labute approximate surface area is 281 Å². The van der Waals surface area contributed by atoms with Gasteiger partial charge in [0.05, 0.1) is 19.9 Å². The van der Waals surface area contributed by atoms with E-state index in [9.17, 15) is 30.3 Å². The molecule has 0 aliphatic carbocycles. The van der Waals surface area contributed by atoms with Gasteiger partial charge in [-0.25, -0.2) is 0 Å². The molecule has 6 aromatic carbocycles. The van der Waals surface area contributed by atoms with Crippen LogP contribution in [0.5, 0.6) is 0 Å². The second kappa shape index (κ2) is 13.9. The average molecular weight is 703 g/mol. The highest BCUT2D eigenvalue weighted by molar-refractivity contribution is 9.10. The van der Waals surface area contributed by atoms with Gasteiger partial charge in [-0.3, -0.25) is 20.2 Å². The molecule has 48 heavy (non-hydrogen) atoms. The summed E-state index contributed by atoms with van der Waals surface area (Å²) in [4.78, 5) is 20.7. The van der Waals surface area contributed by atoms with Crippen molar-refractivity contribution >= 4 is 83.8 Å². The Morgan fingerprint density at radius 2 is 0.979 bits per heavy atom. The van der Waals surface area contributed by atoms with Gasteiger partial charge in [0, 0.05) is 44.7 Å². The van der Waals surface area contributed by atoms with Crippen LogP contribution in [0, 0.1) is 20.2 Å². The van der Waals surface area contributed by atoms with Crippen LogP contribution in [0.1, 0.15) is 0 Å². The smallest absolute Gasteiger partial charge is 0.456 e. The van der Waals surface area contributed by atoms with Crippen LogP contribution >= 0.6 is 15.9 Å². The van der Waals surface area contributed by atoms with E-state index in [1.807, 2.05) is 72.8 Å². The third-order valence-corrected chi connectivity index (χ3v) is 8.23. The summed E-state index contributed by atoms with van der Waals surface area (Å²) in [6.07, 6.45) is 0. The van der Waals surface area contributed by atoms with Gasteiger partial charge in [0.2, 0.25) is 0 Å². The fourth-order valence-corrected chi connectivity index (χ4v) is 5.82. The van der Waals surface area contributed by atoms with Gasteiger partial charge >= 0.3 is 7.12 Å². The van der Waals surface area contributed by atoms with Crippen molar-refractivity contribution in [2.24, 2.45) is 0 Å². The van der Waals surface area contributed by atoms with Gasteiger partial charge in [-0.15, -0.1) is 0 Å². The maximum absolute atomic E-state index is 11.3. The van der Waals surface area contributed by atoms with E-state index in [-0.39, 0.29) is 16.3 Å². The highest BCUT2D eigenvalue weighted by Crippen LogP contribution is 2.38. The van der Waals surface area contributed by atoms with Gasteiger partial charge in [-0.05, 0) is 40.2 Å². The van der Waals surface area contributed by atoms with E-state index in [0.717, 1.165) is 38.3 Å². The van der Waals surface area contributed by atoms with E-state index in [1.54, 1.807) is 48.5 Å². The van der Waals surface area contributed by atoms with Crippen LogP contribution in [0.2, 0.25) is 0 Å². The van der Waals surface area contributed by atoms with Crippen LogP contribution in [0.15, 0.2) is 147 Å². The molecule has 0 saturated carbocycles. The topological polar surface area (TPSA) is 153 Å². The summed E-state index contributed by atoms with van der Waals surface area (Å²) in [5.41, 5.74) is 4.63. The lowest BCUT2D eigenvalue weighted by atomic mass is 9.79. The third kappa shape index (κ3) is 6.40. The first kappa shape index (κ1) is 32.1. The molecule has 0 fully saturated rings. The summed E-state index contributed by atoms with van der Waals surface area (Å²) in [5.74, 6) is 0. The number of furan rings is 2. The molecule has 8 aromatic rings. The third-order valence-electron chi connectivity index (χ3n) is 7.56. The lowest BCUT2D eigenvalue weighted by Crippen LogP contribution is -2.29. The average Bonchev–Trinajstić information content (AvgIpc) is 3.67. The summed E-state index contributed by atoms with van der Waals surface area (Å²) in [7, 11) is -1.51. The Bertz CT molecular complexity index is 2440. The number of benzene rings is 6. The zero-order chi connectivity index (χ0) is 33.8. The van der Waals surface area contributed by atoms with Gasteiger partial charge in [-0.1, -0.05) is 97.1 Å². The Kier molecular flexibility index (Phi) is 9.30. The normalized spacial score (nSPS) is 10.7. The number of hydrogen-bond acceptors (Lipinski definition) is 8. The first-order valence-electron chi connectivity index (χ1n) is 14.5. The van der Waals surface area contributed by atoms with Crippen LogP contribution in [-0.4, -0.2) is 27.0 Å². The maximum atomic E-state index is 11.3. The number of nitro groups is 2. The second-order valence-electron chi connectivity index (χ2n) is 10.5. The zero-order valence-corrected chi connectivity index (χ0v) is 26.5. The van der Waals surface area contributed by atoms with E-state index in [1.165, 1.54) is 12.1 Å². The molecule has 0 amide bonds. The summed E-state index contributed by atoms with van der Waals surface area (Å²) >= 11 is 3.06. The first-order valence-corrected chi connectivity index (χ1v) is 15.3. The molecular formula is C36H24BBrN2O8. The lowest BCUT2D eigenvalue weighted by molar-refractivity contribution is -0.385. The summed E-state index contributed by atoms with van der Waals surface area (Å²) in [6.45, 7) is 0. The minimum Gasteiger partial charge on any atom is -0.456 e. The SMILES string of the molecule is O=[N+]([O-])c1ccccc1-c1cccc2c1oc1ccccc12.O=[N+]([O-])c1ccccc1Br.OB(O)c1cccc2c1oc1ccccc12. The van der Waals surface area contributed by atoms with Crippen molar-refractivity contribution in [2.45, 2.75) is 0 Å². The number of nitrogens with zero attached hydrogens (tertiary/aromatic N) is 2. The molecule has 0 radical (unpaired) electrons. The predicted molar refractivity (Wildman–Crippen MR) is 190 cm³/mol. The molecular weight excluding hydrogens is 679 g/mol. The molecule has 0 saturated heterocycles. The number of fused-ring (bicyclic) bond motifs is 6. The molecule has 0 unspecified atom stereocenters. The largest absolute Gasteiger partial charge is 0.492 e.